The molecule has 22 heavy (non-hydrogen) atoms. The summed E-state index contributed by atoms with van der Waals surface area (Å²) in [7, 11) is 4.82. The molecule has 0 saturated carbocycles. The summed E-state index contributed by atoms with van der Waals surface area (Å²) >= 11 is 0. The minimum Gasteiger partial charge on any atom is -0.493 e. The lowest BCUT2D eigenvalue weighted by Crippen LogP contribution is -2.04. The van der Waals surface area contributed by atoms with Crippen molar-refractivity contribution in [3.8, 4) is 17.2 Å². The highest BCUT2D eigenvalue weighted by atomic mass is 16.5. The summed E-state index contributed by atoms with van der Waals surface area (Å²) in [5.41, 5.74) is 2.16. The molecular formula is C16H23N3O3. The average molecular weight is 305 g/mol. The molecule has 0 spiro atoms. The van der Waals surface area contributed by atoms with Gasteiger partial charge in [-0.2, -0.15) is 5.10 Å². The zero-order valence-corrected chi connectivity index (χ0v) is 13.8. The van der Waals surface area contributed by atoms with E-state index in [9.17, 15) is 0 Å². The molecule has 0 amide bonds. The van der Waals surface area contributed by atoms with Gasteiger partial charge in [0, 0.05) is 24.8 Å². The van der Waals surface area contributed by atoms with Crippen LogP contribution in [-0.4, -0.2) is 31.1 Å². The fourth-order valence-corrected chi connectivity index (χ4v) is 2.35. The SMILES string of the molecule is CCn1nc(NCc2cc(OC)c(OC)c(OC)c2)cc1C. The Bertz CT molecular complexity index is 613. The highest BCUT2D eigenvalue weighted by Gasteiger charge is 2.13. The molecule has 1 N–H and O–H groups in total. The molecule has 6 nitrogen and oxygen atoms in total. The van der Waals surface area contributed by atoms with Gasteiger partial charge in [-0.05, 0) is 31.5 Å². The van der Waals surface area contributed by atoms with Crippen LogP contribution in [0.4, 0.5) is 5.82 Å². The normalized spacial score (nSPS) is 10.4. The Balaban J connectivity index is 2.18. The monoisotopic (exact) mass is 305 g/mol. The van der Waals surface area contributed by atoms with Crippen molar-refractivity contribution in [3.05, 3.63) is 29.5 Å². The summed E-state index contributed by atoms with van der Waals surface area (Å²) in [4.78, 5) is 0. The van der Waals surface area contributed by atoms with Crippen LogP contribution in [0.2, 0.25) is 0 Å². The third-order valence-electron chi connectivity index (χ3n) is 3.48. The van der Waals surface area contributed by atoms with Gasteiger partial charge in [-0.15, -0.1) is 0 Å². The number of ether oxygens (including phenoxy) is 3. The molecule has 0 aliphatic heterocycles. The molecule has 0 fully saturated rings. The summed E-state index contributed by atoms with van der Waals surface area (Å²) in [5, 5.41) is 7.79. The van der Waals surface area contributed by atoms with Crippen LogP contribution in [0.15, 0.2) is 18.2 Å². The molecule has 0 radical (unpaired) electrons. The fourth-order valence-electron chi connectivity index (χ4n) is 2.35. The van der Waals surface area contributed by atoms with E-state index in [0.29, 0.717) is 23.8 Å². The number of benzene rings is 1. The van der Waals surface area contributed by atoms with Gasteiger partial charge in [-0.25, -0.2) is 0 Å². The van der Waals surface area contributed by atoms with Gasteiger partial charge in [-0.3, -0.25) is 4.68 Å². The van der Waals surface area contributed by atoms with Gasteiger partial charge in [0.2, 0.25) is 5.75 Å². The predicted octanol–water partition coefficient (Wildman–Crippen LogP) is 2.85. The molecule has 1 heterocycles. The number of hydrogen-bond donors (Lipinski definition) is 1. The lowest BCUT2D eigenvalue weighted by atomic mass is 10.1. The van der Waals surface area contributed by atoms with Crippen LogP contribution in [0.1, 0.15) is 18.2 Å². The molecule has 0 aliphatic rings. The zero-order valence-electron chi connectivity index (χ0n) is 13.8. The molecule has 0 bridgehead atoms. The number of anilines is 1. The van der Waals surface area contributed by atoms with Gasteiger partial charge in [0.15, 0.2) is 11.5 Å². The van der Waals surface area contributed by atoms with Gasteiger partial charge in [0.05, 0.1) is 21.3 Å². The van der Waals surface area contributed by atoms with E-state index >= 15 is 0 Å². The summed E-state index contributed by atoms with van der Waals surface area (Å²) in [6.07, 6.45) is 0. The molecule has 0 aliphatic carbocycles. The van der Waals surface area contributed by atoms with E-state index in [0.717, 1.165) is 23.6 Å². The van der Waals surface area contributed by atoms with E-state index in [1.165, 1.54) is 0 Å². The second kappa shape index (κ2) is 7.06. The Labute approximate surface area is 131 Å². The average Bonchev–Trinajstić information content (AvgIpc) is 2.91. The lowest BCUT2D eigenvalue weighted by Gasteiger charge is -2.14. The van der Waals surface area contributed by atoms with Crippen molar-refractivity contribution in [1.29, 1.82) is 0 Å². The summed E-state index contributed by atoms with van der Waals surface area (Å²) in [5.74, 6) is 2.75. The zero-order chi connectivity index (χ0) is 16.1. The van der Waals surface area contributed by atoms with Crippen LogP contribution < -0.4 is 19.5 Å². The Morgan fingerprint density at radius 1 is 1.05 bits per heavy atom. The van der Waals surface area contributed by atoms with Crippen molar-refractivity contribution in [2.24, 2.45) is 0 Å². The number of methoxy groups -OCH3 is 3. The molecule has 0 unspecified atom stereocenters. The second-order valence-corrected chi connectivity index (χ2v) is 4.87. The highest BCUT2D eigenvalue weighted by Crippen LogP contribution is 2.38. The standard InChI is InChI=1S/C16H23N3O3/c1-6-19-11(2)7-15(18-19)17-10-12-8-13(20-3)16(22-5)14(9-12)21-4/h7-9H,6,10H2,1-5H3,(H,17,18). The Hall–Kier alpha value is -2.37. The number of rotatable bonds is 7. The second-order valence-electron chi connectivity index (χ2n) is 4.87. The summed E-state index contributed by atoms with van der Waals surface area (Å²) in [6, 6.07) is 5.89. The number of aryl methyl sites for hydroxylation is 2. The van der Waals surface area contributed by atoms with E-state index in [1.807, 2.05) is 29.8 Å². The number of nitrogens with zero attached hydrogens (tertiary/aromatic N) is 2. The quantitative estimate of drug-likeness (QED) is 0.852. The highest BCUT2D eigenvalue weighted by molar-refractivity contribution is 5.54. The van der Waals surface area contributed by atoms with Crippen molar-refractivity contribution in [2.45, 2.75) is 26.9 Å². The number of hydrogen-bond acceptors (Lipinski definition) is 5. The number of nitrogens with one attached hydrogen (secondary N) is 1. The predicted molar refractivity (Wildman–Crippen MR) is 86.1 cm³/mol. The minimum atomic E-state index is 0.597. The van der Waals surface area contributed by atoms with E-state index in [1.54, 1.807) is 21.3 Å². The molecule has 120 valence electrons. The van der Waals surface area contributed by atoms with Crippen LogP contribution in [-0.2, 0) is 13.1 Å². The first-order chi connectivity index (χ1) is 10.6. The van der Waals surface area contributed by atoms with Crippen molar-refractivity contribution in [1.82, 2.24) is 9.78 Å². The summed E-state index contributed by atoms with van der Waals surface area (Å²) in [6.45, 7) is 5.60. The molecule has 1 aromatic carbocycles. The maximum Gasteiger partial charge on any atom is 0.203 e. The Morgan fingerprint density at radius 2 is 1.68 bits per heavy atom. The van der Waals surface area contributed by atoms with Gasteiger partial charge in [0.25, 0.3) is 0 Å². The molecule has 0 atom stereocenters. The third kappa shape index (κ3) is 3.27. The van der Waals surface area contributed by atoms with E-state index in [-0.39, 0.29) is 0 Å². The van der Waals surface area contributed by atoms with Crippen LogP contribution >= 0.6 is 0 Å². The first-order valence-corrected chi connectivity index (χ1v) is 7.20. The molecule has 0 saturated heterocycles. The third-order valence-corrected chi connectivity index (χ3v) is 3.48. The van der Waals surface area contributed by atoms with Crippen molar-refractivity contribution >= 4 is 5.82 Å². The maximum atomic E-state index is 5.36. The minimum absolute atomic E-state index is 0.597. The van der Waals surface area contributed by atoms with Gasteiger partial charge >= 0.3 is 0 Å². The Morgan fingerprint density at radius 3 is 2.14 bits per heavy atom. The lowest BCUT2D eigenvalue weighted by molar-refractivity contribution is 0.324. The van der Waals surface area contributed by atoms with Gasteiger partial charge in [-0.1, -0.05) is 0 Å². The molecule has 1 aromatic heterocycles. The molecule has 2 rings (SSSR count). The topological polar surface area (TPSA) is 57.5 Å². The fraction of sp³-hybridized carbons (Fsp3) is 0.438. The van der Waals surface area contributed by atoms with Gasteiger partial charge in [0.1, 0.15) is 5.82 Å². The van der Waals surface area contributed by atoms with E-state index in [2.05, 4.69) is 17.3 Å². The Kier molecular flexibility index (Phi) is 5.14. The van der Waals surface area contributed by atoms with E-state index < -0.39 is 0 Å². The van der Waals surface area contributed by atoms with Crippen LogP contribution in [0.3, 0.4) is 0 Å². The van der Waals surface area contributed by atoms with Crippen LogP contribution in [0.25, 0.3) is 0 Å². The molecule has 2 aromatic rings. The summed E-state index contributed by atoms with van der Waals surface area (Å²) < 4.78 is 18.0. The van der Waals surface area contributed by atoms with E-state index in [4.69, 9.17) is 14.2 Å². The van der Waals surface area contributed by atoms with Crippen molar-refractivity contribution < 1.29 is 14.2 Å². The molecule has 6 heteroatoms. The van der Waals surface area contributed by atoms with Crippen molar-refractivity contribution in [3.63, 3.8) is 0 Å². The van der Waals surface area contributed by atoms with Crippen LogP contribution in [0.5, 0.6) is 17.2 Å². The molecular weight excluding hydrogens is 282 g/mol. The first-order valence-electron chi connectivity index (χ1n) is 7.20. The first kappa shape index (κ1) is 16.0. The van der Waals surface area contributed by atoms with Crippen LogP contribution in [0, 0.1) is 6.92 Å². The number of aromatic nitrogens is 2. The largest absolute Gasteiger partial charge is 0.493 e. The van der Waals surface area contributed by atoms with Crippen molar-refractivity contribution in [2.75, 3.05) is 26.6 Å². The smallest absolute Gasteiger partial charge is 0.203 e. The maximum absolute atomic E-state index is 5.36. The van der Waals surface area contributed by atoms with Gasteiger partial charge < -0.3 is 19.5 Å².